The van der Waals surface area contributed by atoms with Gasteiger partial charge in [-0.05, 0) is 19.5 Å². The molecule has 0 saturated heterocycles. The van der Waals surface area contributed by atoms with Crippen LogP contribution < -0.4 is 0 Å². The van der Waals surface area contributed by atoms with Crippen LogP contribution in [-0.2, 0) is 0 Å². The van der Waals surface area contributed by atoms with Crippen LogP contribution >= 0.6 is 0 Å². The monoisotopic (exact) mass is 182 g/mol. The third-order valence-electron chi connectivity index (χ3n) is 2.35. The van der Waals surface area contributed by atoms with E-state index in [4.69, 9.17) is 0 Å². The number of aromatic nitrogens is 3. The van der Waals surface area contributed by atoms with Gasteiger partial charge in [-0.2, -0.15) is 0 Å². The first-order valence-corrected chi connectivity index (χ1v) is 4.93. The molecule has 0 N–H and O–H groups in total. The van der Waals surface area contributed by atoms with Gasteiger partial charge in [0.05, 0.1) is 6.20 Å². The highest BCUT2D eigenvalue weighted by atomic mass is 15.5. The highest BCUT2D eigenvalue weighted by molar-refractivity contribution is 4.71. The first-order chi connectivity index (χ1) is 6.33. The second-order valence-corrected chi connectivity index (χ2v) is 2.99. The smallest absolute Gasteiger partial charge is 0.105 e. The molecule has 0 amide bonds. The Morgan fingerprint density at radius 1 is 1.31 bits per heavy atom. The van der Waals surface area contributed by atoms with Crippen molar-refractivity contribution in [3.63, 3.8) is 0 Å². The van der Waals surface area contributed by atoms with Crippen molar-refractivity contribution < 1.29 is 0 Å². The average molecular weight is 182 g/mol. The molecule has 1 atom stereocenters. The topological polar surface area (TPSA) is 34.0 Å². The number of rotatable bonds is 5. The zero-order valence-corrected chi connectivity index (χ0v) is 8.64. The van der Waals surface area contributed by atoms with Gasteiger partial charge in [0.1, 0.15) is 6.17 Å². The normalized spacial score (nSPS) is 13.5. The summed E-state index contributed by atoms with van der Waals surface area (Å²) in [6.07, 6.45) is 5.07. The van der Waals surface area contributed by atoms with Crippen LogP contribution in [0.1, 0.15) is 33.4 Å². The van der Waals surface area contributed by atoms with Crippen LogP contribution in [0.15, 0.2) is 12.4 Å². The number of hydrogen-bond acceptors (Lipinski definition) is 3. The van der Waals surface area contributed by atoms with Crippen molar-refractivity contribution in [1.82, 2.24) is 19.9 Å². The Labute approximate surface area is 79.5 Å². The maximum Gasteiger partial charge on any atom is 0.105 e. The molecule has 0 saturated carbocycles. The predicted molar refractivity (Wildman–Crippen MR) is 52.3 cm³/mol. The minimum absolute atomic E-state index is 0.359. The minimum atomic E-state index is 0.359. The maximum atomic E-state index is 4.03. The van der Waals surface area contributed by atoms with E-state index in [-0.39, 0.29) is 0 Å². The van der Waals surface area contributed by atoms with Crippen LogP contribution in [0.25, 0.3) is 0 Å². The van der Waals surface area contributed by atoms with E-state index < -0.39 is 0 Å². The molecule has 74 valence electrons. The lowest BCUT2D eigenvalue weighted by atomic mass is 10.3. The Hall–Kier alpha value is -0.900. The molecule has 4 heteroatoms. The molecule has 1 aromatic rings. The lowest BCUT2D eigenvalue weighted by Crippen LogP contribution is -2.32. The molecular formula is C9H18N4. The maximum absolute atomic E-state index is 4.03. The van der Waals surface area contributed by atoms with E-state index in [0.29, 0.717) is 6.17 Å². The van der Waals surface area contributed by atoms with E-state index in [1.165, 1.54) is 0 Å². The summed E-state index contributed by atoms with van der Waals surface area (Å²) in [4.78, 5) is 2.37. The molecule has 1 rings (SSSR count). The highest BCUT2D eigenvalue weighted by Gasteiger charge is 2.15. The lowest BCUT2D eigenvalue weighted by molar-refractivity contribution is 0.135. The molecule has 0 aromatic carbocycles. The van der Waals surface area contributed by atoms with Crippen LogP contribution in [-0.4, -0.2) is 33.0 Å². The van der Waals surface area contributed by atoms with Crippen LogP contribution in [0.4, 0.5) is 0 Å². The summed E-state index contributed by atoms with van der Waals surface area (Å²) in [5, 5.41) is 7.86. The molecule has 0 aliphatic rings. The molecule has 0 radical (unpaired) electrons. The van der Waals surface area contributed by atoms with Crippen molar-refractivity contribution in [2.45, 2.75) is 33.4 Å². The van der Waals surface area contributed by atoms with Gasteiger partial charge in [0.15, 0.2) is 0 Å². The van der Waals surface area contributed by atoms with E-state index in [9.17, 15) is 0 Å². The van der Waals surface area contributed by atoms with E-state index in [1.54, 1.807) is 6.20 Å². The summed E-state index contributed by atoms with van der Waals surface area (Å²) in [5.74, 6) is 0. The van der Waals surface area contributed by atoms with Crippen LogP contribution in [0.2, 0.25) is 0 Å². The van der Waals surface area contributed by atoms with Gasteiger partial charge < -0.3 is 0 Å². The highest BCUT2D eigenvalue weighted by Crippen LogP contribution is 2.14. The molecule has 1 heterocycles. The Kier molecular flexibility index (Phi) is 3.89. The zero-order valence-electron chi connectivity index (χ0n) is 8.64. The minimum Gasteiger partial charge on any atom is -0.282 e. The van der Waals surface area contributed by atoms with Crippen molar-refractivity contribution in [2.24, 2.45) is 0 Å². The molecule has 13 heavy (non-hydrogen) atoms. The molecular weight excluding hydrogens is 164 g/mol. The fourth-order valence-electron chi connectivity index (χ4n) is 1.63. The van der Waals surface area contributed by atoms with Crippen molar-refractivity contribution in [3.8, 4) is 0 Å². The van der Waals surface area contributed by atoms with Crippen LogP contribution in [0.5, 0.6) is 0 Å². The van der Waals surface area contributed by atoms with Gasteiger partial charge in [-0.1, -0.05) is 26.0 Å². The standard InChI is InChI=1S/C9H18N4/c1-4-9(12(5-2)6-3)13-8-7-10-11-13/h7-9H,4-6H2,1-3H3. The third kappa shape index (κ3) is 2.28. The van der Waals surface area contributed by atoms with Gasteiger partial charge in [-0.25, -0.2) is 4.68 Å². The van der Waals surface area contributed by atoms with Crippen molar-refractivity contribution >= 4 is 0 Å². The Bertz CT molecular complexity index is 216. The average Bonchev–Trinajstić information content (AvgIpc) is 2.66. The van der Waals surface area contributed by atoms with Crippen molar-refractivity contribution in [3.05, 3.63) is 12.4 Å². The molecule has 1 aromatic heterocycles. The lowest BCUT2D eigenvalue weighted by Gasteiger charge is -2.28. The van der Waals surface area contributed by atoms with E-state index in [2.05, 4.69) is 36.0 Å². The van der Waals surface area contributed by atoms with Gasteiger partial charge >= 0.3 is 0 Å². The summed E-state index contributed by atoms with van der Waals surface area (Å²) < 4.78 is 1.92. The Morgan fingerprint density at radius 3 is 2.38 bits per heavy atom. The van der Waals surface area contributed by atoms with Gasteiger partial charge in [0.25, 0.3) is 0 Å². The van der Waals surface area contributed by atoms with Gasteiger partial charge in [-0.15, -0.1) is 5.10 Å². The SMILES string of the molecule is CCC(N(CC)CC)n1ccnn1. The second kappa shape index (κ2) is 4.97. The third-order valence-corrected chi connectivity index (χ3v) is 2.35. The van der Waals surface area contributed by atoms with E-state index in [0.717, 1.165) is 19.5 Å². The first-order valence-electron chi connectivity index (χ1n) is 4.93. The molecule has 0 spiro atoms. The number of nitrogens with zero attached hydrogens (tertiary/aromatic N) is 4. The van der Waals surface area contributed by atoms with E-state index in [1.807, 2.05) is 10.9 Å². The van der Waals surface area contributed by atoms with Gasteiger partial charge in [0.2, 0.25) is 0 Å². The fourth-order valence-corrected chi connectivity index (χ4v) is 1.63. The summed E-state index contributed by atoms with van der Waals surface area (Å²) >= 11 is 0. The Balaban J connectivity index is 2.72. The second-order valence-electron chi connectivity index (χ2n) is 2.99. The van der Waals surface area contributed by atoms with Crippen LogP contribution in [0.3, 0.4) is 0 Å². The molecule has 0 aliphatic carbocycles. The fraction of sp³-hybridized carbons (Fsp3) is 0.778. The van der Waals surface area contributed by atoms with Gasteiger partial charge in [-0.3, -0.25) is 4.90 Å². The van der Waals surface area contributed by atoms with Gasteiger partial charge in [0, 0.05) is 6.20 Å². The molecule has 1 unspecified atom stereocenters. The van der Waals surface area contributed by atoms with Crippen molar-refractivity contribution in [2.75, 3.05) is 13.1 Å². The molecule has 0 fully saturated rings. The summed E-state index contributed by atoms with van der Waals surface area (Å²) in [7, 11) is 0. The molecule has 0 bridgehead atoms. The van der Waals surface area contributed by atoms with Crippen LogP contribution in [0, 0.1) is 0 Å². The summed E-state index contributed by atoms with van der Waals surface area (Å²) in [5.41, 5.74) is 0. The quantitative estimate of drug-likeness (QED) is 0.692. The largest absolute Gasteiger partial charge is 0.282 e. The predicted octanol–water partition coefficient (Wildman–Crippen LogP) is 1.53. The first kappa shape index (κ1) is 10.2. The summed E-state index contributed by atoms with van der Waals surface area (Å²) in [6.45, 7) is 8.61. The number of hydrogen-bond donors (Lipinski definition) is 0. The Morgan fingerprint density at radius 2 is 2.00 bits per heavy atom. The van der Waals surface area contributed by atoms with Crippen molar-refractivity contribution in [1.29, 1.82) is 0 Å². The summed E-state index contributed by atoms with van der Waals surface area (Å²) in [6, 6.07) is 0. The molecule has 4 nitrogen and oxygen atoms in total. The van der Waals surface area contributed by atoms with E-state index >= 15 is 0 Å². The molecule has 0 aliphatic heterocycles. The zero-order chi connectivity index (χ0) is 9.68.